The summed E-state index contributed by atoms with van der Waals surface area (Å²) in [7, 11) is 0. The third kappa shape index (κ3) is 2.58. The normalized spacial score (nSPS) is 28.0. The van der Waals surface area contributed by atoms with Gasteiger partial charge in [0, 0.05) is 18.7 Å². The molecule has 1 aromatic heterocycles. The zero-order valence-electron chi connectivity index (χ0n) is 11.7. The van der Waals surface area contributed by atoms with E-state index in [-0.39, 0.29) is 5.41 Å². The monoisotopic (exact) mass is 245 g/mol. The number of nitrogens with zero attached hydrogens (tertiary/aromatic N) is 3. The van der Waals surface area contributed by atoms with Crippen molar-refractivity contribution in [2.24, 2.45) is 11.3 Å². The van der Waals surface area contributed by atoms with Crippen LogP contribution >= 0.6 is 0 Å². The van der Waals surface area contributed by atoms with Crippen LogP contribution in [0.25, 0.3) is 0 Å². The first-order chi connectivity index (χ1) is 8.58. The highest BCUT2D eigenvalue weighted by Gasteiger charge is 2.36. The molecule has 1 aliphatic carbocycles. The summed E-state index contributed by atoms with van der Waals surface area (Å²) in [6, 6.07) is 4.76. The molecular weight excluding hydrogens is 222 g/mol. The first-order valence-corrected chi connectivity index (χ1v) is 7.03. The van der Waals surface area contributed by atoms with Crippen LogP contribution in [0.15, 0.2) is 6.07 Å². The molecule has 1 aromatic rings. The summed E-state index contributed by atoms with van der Waals surface area (Å²) >= 11 is 0. The SMILES string of the molecule is CCn1nc(C)cc1CC1(C#N)CCCC(C)C1. The molecule has 2 unspecified atom stereocenters. The van der Waals surface area contributed by atoms with E-state index in [0.717, 1.165) is 31.5 Å². The van der Waals surface area contributed by atoms with Gasteiger partial charge in [-0.25, -0.2) is 0 Å². The second-order valence-corrected chi connectivity index (χ2v) is 5.86. The standard InChI is InChI=1S/C15H23N3/c1-4-18-14(8-13(3)17-18)10-15(11-16)7-5-6-12(2)9-15/h8,12H,4-7,9-10H2,1-3H3. The molecule has 0 saturated heterocycles. The molecule has 3 heteroatoms. The predicted molar refractivity (Wildman–Crippen MR) is 72.0 cm³/mol. The van der Waals surface area contributed by atoms with E-state index in [2.05, 4.69) is 31.1 Å². The van der Waals surface area contributed by atoms with Gasteiger partial charge in [-0.3, -0.25) is 4.68 Å². The van der Waals surface area contributed by atoms with Crippen LogP contribution in [0.3, 0.4) is 0 Å². The fraction of sp³-hybridized carbons (Fsp3) is 0.733. The zero-order chi connectivity index (χ0) is 13.2. The number of hydrogen-bond acceptors (Lipinski definition) is 2. The molecule has 0 radical (unpaired) electrons. The lowest BCUT2D eigenvalue weighted by molar-refractivity contribution is 0.206. The highest BCUT2D eigenvalue weighted by Crippen LogP contribution is 2.41. The lowest BCUT2D eigenvalue weighted by Crippen LogP contribution is -2.29. The summed E-state index contributed by atoms with van der Waals surface area (Å²) in [4.78, 5) is 0. The van der Waals surface area contributed by atoms with Crippen LogP contribution in [-0.2, 0) is 13.0 Å². The second-order valence-electron chi connectivity index (χ2n) is 5.86. The van der Waals surface area contributed by atoms with Gasteiger partial charge in [0.05, 0.1) is 17.2 Å². The summed E-state index contributed by atoms with van der Waals surface area (Å²) < 4.78 is 2.05. The molecule has 0 amide bonds. The topological polar surface area (TPSA) is 41.6 Å². The summed E-state index contributed by atoms with van der Waals surface area (Å²) in [6.45, 7) is 7.30. The van der Waals surface area contributed by atoms with Gasteiger partial charge in [0.1, 0.15) is 0 Å². The van der Waals surface area contributed by atoms with Crippen LogP contribution in [0.2, 0.25) is 0 Å². The third-order valence-electron chi connectivity index (χ3n) is 4.13. The Labute approximate surface area is 110 Å². The molecule has 1 aliphatic rings. The van der Waals surface area contributed by atoms with E-state index < -0.39 is 0 Å². The Hall–Kier alpha value is -1.30. The summed E-state index contributed by atoms with van der Waals surface area (Å²) in [5.41, 5.74) is 2.13. The Bertz CT molecular complexity index is 455. The number of rotatable bonds is 3. The smallest absolute Gasteiger partial charge is 0.0693 e. The molecule has 0 N–H and O–H groups in total. The molecule has 1 saturated carbocycles. The van der Waals surface area contributed by atoms with Crippen molar-refractivity contribution in [1.29, 1.82) is 5.26 Å². The van der Waals surface area contributed by atoms with Crippen molar-refractivity contribution < 1.29 is 0 Å². The van der Waals surface area contributed by atoms with Gasteiger partial charge in [0.25, 0.3) is 0 Å². The molecule has 0 spiro atoms. The van der Waals surface area contributed by atoms with Gasteiger partial charge in [-0.15, -0.1) is 0 Å². The molecule has 3 nitrogen and oxygen atoms in total. The largest absolute Gasteiger partial charge is 0.270 e. The van der Waals surface area contributed by atoms with Crippen LogP contribution in [0.5, 0.6) is 0 Å². The Kier molecular flexibility index (Phi) is 3.75. The van der Waals surface area contributed by atoms with Crippen LogP contribution in [-0.4, -0.2) is 9.78 Å². The van der Waals surface area contributed by atoms with Gasteiger partial charge in [0.15, 0.2) is 0 Å². The summed E-state index contributed by atoms with van der Waals surface area (Å²) in [6.07, 6.45) is 5.41. The predicted octanol–water partition coefficient (Wildman–Crippen LogP) is 3.47. The maximum Gasteiger partial charge on any atom is 0.0693 e. The van der Waals surface area contributed by atoms with Gasteiger partial charge in [-0.1, -0.05) is 19.8 Å². The van der Waals surface area contributed by atoms with E-state index in [1.807, 2.05) is 11.6 Å². The maximum atomic E-state index is 9.61. The van der Waals surface area contributed by atoms with Gasteiger partial charge in [-0.05, 0) is 38.7 Å². The molecule has 0 aromatic carbocycles. The van der Waals surface area contributed by atoms with Crippen molar-refractivity contribution in [2.75, 3.05) is 0 Å². The fourth-order valence-electron chi connectivity index (χ4n) is 3.32. The highest BCUT2D eigenvalue weighted by molar-refractivity contribution is 5.16. The number of nitriles is 1. The van der Waals surface area contributed by atoms with Crippen LogP contribution in [0, 0.1) is 29.6 Å². The van der Waals surface area contributed by atoms with Crippen molar-refractivity contribution in [3.05, 3.63) is 17.5 Å². The average Bonchev–Trinajstić information content (AvgIpc) is 2.69. The molecular formula is C15H23N3. The van der Waals surface area contributed by atoms with Crippen molar-refractivity contribution in [3.8, 4) is 6.07 Å². The minimum absolute atomic E-state index is 0.156. The van der Waals surface area contributed by atoms with Gasteiger partial charge >= 0.3 is 0 Å². The molecule has 18 heavy (non-hydrogen) atoms. The van der Waals surface area contributed by atoms with E-state index in [1.165, 1.54) is 18.5 Å². The molecule has 0 bridgehead atoms. The Morgan fingerprint density at radius 3 is 3.00 bits per heavy atom. The third-order valence-corrected chi connectivity index (χ3v) is 4.13. The van der Waals surface area contributed by atoms with E-state index >= 15 is 0 Å². The van der Waals surface area contributed by atoms with Crippen molar-refractivity contribution in [3.63, 3.8) is 0 Å². The average molecular weight is 245 g/mol. The Balaban J connectivity index is 2.22. The first kappa shape index (κ1) is 13.1. The van der Waals surface area contributed by atoms with Crippen LogP contribution in [0.4, 0.5) is 0 Å². The number of aromatic nitrogens is 2. The molecule has 1 heterocycles. The molecule has 1 fully saturated rings. The lowest BCUT2D eigenvalue weighted by atomic mass is 9.68. The zero-order valence-corrected chi connectivity index (χ0v) is 11.7. The summed E-state index contributed by atoms with van der Waals surface area (Å²) in [5.74, 6) is 0.678. The van der Waals surface area contributed by atoms with E-state index in [1.54, 1.807) is 0 Å². The van der Waals surface area contributed by atoms with Gasteiger partial charge in [-0.2, -0.15) is 10.4 Å². The molecule has 0 aliphatic heterocycles. The van der Waals surface area contributed by atoms with Gasteiger partial charge in [0.2, 0.25) is 0 Å². The van der Waals surface area contributed by atoms with Crippen LogP contribution < -0.4 is 0 Å². The van der Waals surface area contributed by atoms with E-state index in [0.29, 0.717) is 5.92 Å². The minimum Gasteiger partial charge on any atom is -0.270 e. The lowest BCUT2D eigenvalue weighted by Gasteiger charge is -2.34. The van der Waals surface area contributed by atoms with Crippen molar-refractivity contribution in [1.82, 2.24) is 9.78 Å². The first-order valence-electron chi connectivity index (χ1n) is 7.03. The minimum atomic E-state index is -0.156. The quantitative estimate of drug-likeness (QED) is 0.818. The van der Waals surface area contributed by atoms with Crippen molar-refractivity contribution >= 4 is 0 Å². The highest BCUT2D eigenvalue weighted by atomic mass is 15.3. The van der Waals surface area contributed by atoms with E-state index in [4.69, 9.17) is 0 Å². The number of hydrogen-bond donors (Lipinski definition) is 0. The molecule has 98 valence electrons. The molecule has 2 atom stereocenters. The summed E-state index contributed by atoms with van der Waals surface area (Å²) in [5, 5.41) is 14.1. The Morgan fingerprint density at radius 1 is 1.61 bits per heavy atom. The van der Waals surface area contributed by atoms with Gasteiger partial charge < -0.3 is 0 Å². The fourth-order valence-corrected chi connectivity index (χ4v) is 3.32. The molecule has 2 rings (SSSR count). The van der Waals surface area contributed by atoms with Crippen LogP contribution in [0.1, 0.15) is 50.9 Å². The maximum absolute atomic E-state index is 9.61. The van der Waals surface area contributed by atoms with Crippen molar-refractivity contribution in [2.45, 2.75) is 59.4 Å². The second kappa shape index (κ2) is 5.14. The Morgan fingerprint density at radius 2 is 2.39 bits per heavy atom. The van der Waals surface area contributed by atoms with E-state index in [9.17, 15) is 5.26 Å². The number of aryl methyl sites for hydroxylation is 2.